The molecule has 1 heterocycles. The first kappa shape index (κ1) is 13.4. The van der Waals surface area contributed by atoms with Crippen molar-refractivity contribution in [1.82, 2.24) is 4.90 Å². The van der Waals surface area contributed by atoms with Gasteiger partial charge in [-0.25, -0.2) is 4.99 Å². The van der Waals surface area contributed by atoms with Crippen molar-refractivity contribution < 1.29 is 4.92 Å². The van der Waals surface area contributed by atoms with Gasteiger partial charge >= 0.3 is 0 Å². The molecule has 0 amide bonds. The van der Waals surface area contributed by atoms with Crippen LogP contribution in [-0.2, 0) is 0 Å². The van der Waals surface area contributed by atoms with Crippen LogP contribution in [0.1, 0.15) is 18.4 Å². The Bertz CT molecular complexity index is 570. The van der Waals surface area contributed by atoms with E-state index in [2.05, 4.69) is 4.90 Å². The molecule has 0 bridgehead atoms. The summed E-state index contributed by atoms with van der Waals surface area (Å²) in [5, 5.41) is 11.8. The Morgan fingerprint density at radius 1 is 1.50 bits per heavy atom. The van der Waals surface area contributed by atoms with E-state index in [0.29, 0.717) is 0 Å². The number of amidine groups is 1. The number of nitro benzene ring substituents is 1. The number of aryl methyl sites for hydroxylation is 1. The van der Waals surface area contributed by atoms with E-state index in [1.165, 1.54) is 18.9 Å². The summed E-state index contributed by atoms with van der Waals surface area (Å²) in [4.78, 5) is 17.4. The minimum absolute atomic E-state index is 0.125. The van der Waals surface area contributed by atoms with Crippen LogP contribution < -0.4 is 0 Å². The monoisotopic (exact) mass is 291 g/mol. The van der Waals surface area contributed by atoms with Gasteiger partial charge in [-0.1, -0.05) is 11.8 Å². The number of benzene rings is 1. The second-order valence-electron chi connectivity index (χ2n) is 5.36. The molecule has 0 N–H and O–H groups in total. The molecule has 106 valence electrons. The lowest BCUT2D eigenvalue weighted by Gasteiger charge is -2.17. The molecule has 0 spiro atoms. The van der Waals surface area contributed by atoms with Crippen LogP contribution in [0.5, 0.6) is 0 Å². The van der Waals surface area contributed by atoms with Crippen LogP contribution in [0.15, 0.2) is 23.2 Å². The molecule has 3 rings (SSSR count). The fourth-order valence-corrected chi connectivity index (χ4v) is 3.31. The number of hydrogen-bond acceptors (Lipinski definition) is 4. The van der Waals surface area contributed by atoms with Crippen molar-refractivity contribution in [3.63, 3.8) is 0 Å². The largest absolute Gasteiger partial charge is 0.350 e. The van der Waals surface area contributed by atoms with Crippen molar-refractivity contribution in [2.45, 2.75) is 19.8 Å². The SMILES string of the molecule is Cc1cc([N+](=O)[O-])ccc1N=C1SCCN1CC1CC1. The fourth-order valence-electron chi connectivity index (χ4n) is 2.30. The number of hydrogen-bond donors (Lipinski definition) is 0. The van der Waals surface area contributed by atoms with E-state index in [0.717, 1.165) is 41.2 Å². The highest BCUT2D eigenvalue weighted by molar-refractivity contribution is 8.14. The van der Waals surface area contributed by atoms with E-state index in [1.54, 1.807) is 23.9 Å². The number of rotatable bonds is 4. The van der Waals surface area contributed by atoms with Gasteiger partial charge in [0.15, 0.2) is 5.17 Å². The van der Waals surface area contributed by atoms with Crippen LogP contribution in [-0.4, -0.2) is 33.8 Å². The summed E-state index contributed by atoms with van der Waals surface area (Å²) in [7, 11) is 0. The van der Waals surface area contributed by atoms with Gasteiger partial charge in [0, 0.05) is 31.0 Å². The predicted octanol–water partition coefficient (Wildman–Crippen LogP) is 3.35. The van der Waals surface area contributed by atoms with Crippen LogP contribution in [0.4, 0.5) is 11.4 Å². The van der Waals surface area contributed by atoms with E-state index in [1.807, 2.05) is 6.92 Å². The Hall–Kier alpha value is -1.56. The molecule has 1 aliphatic carbocycles. The Balaban J connectivity index is 1.81. The number of aliphatic imine (C=N–C) groups is 1. The first-order chi connectivity index (χ1) is 9.63. The summed E-state index contributed by atoms with van der Waals surface area (Å²) in [6.45, 7) is 4.04. The molecule has 1 saturated heterocycles. The first-order valence-electron chi connectivity index (χ1n) is 6.85. The van der Waals surface area contributed by atoms with Crippen LogP contribution in [0.3, 0.4) is 0 Å². The molecule has 0 unspecified atom stereocenters. The Morgan fingerprint density at radius 3 is 2.95 bits per heavy atom. The van der Waals surface area contributed by atoms with Gasteiger partial charge in [0.2, 0.25) is 0 Å². The second kappa shape index (κ2) is 5.44. The van der Waals surface area contributed by atoms with Gasteiger partial charge in [0.25, 0.3) is 5.69 Å². The van der Waals surface area contributed by atoms with Crippen molar-refractivity contribution in [3.8, 4) is 0 Å². The molecule has 6 heteroatoms. The zero-order chi connectivity index (χ0) is 14.1. The molecule has 5 nitrogen and oxygen atoms in total. The molecule has 2 fully saturated rings. The minimum Gasteiger partial charge on any atom is -0.350 e. The van der Waals surface area contributed by atoms with Crippen LogP contribution >= 0.6 is 11.8 Å². The molecule has 0 aromatic heterocycles. The lowest BCUT2D eigenvalue weighted by atomic mass is 10.2. The molecule has 20 heavy (non-hydrogen) atoms. The number of nitro groups is 1. The zero-order valence-corrected chi connectivity index (χ0v) is 12.2. The Morgan fingerprint density at radius 2 is 2.30 bits per heavy atom. The molecule has 1 aliphatic heterocycles. The molecule has 1 aromatic carbocycles. The topological polar surface area (TPSA) is 58.7 Å². The van der Waals surface area contributed by atoms with E-state index < -0.39 is 0 Å². The summed E-state index contributed by atoms with van der Waals surface area (Å²) >= 11 is 1.78. The first-order valence-corrected chi connectivity index (χ1v) is 7.83. The average molecular weight is 291 g/mol. The quantitative estimate of drug-likeness (QED) is 0.630. The summed E-state index contributed by atoms with van der Waals surface area (Å²) in [5.74, 6) is 1.93. The second-order valence-corrected chi connectivity index (χ2v) is 6.42. The Kier molecular flexibility index (Phi) is 3.65. The highest BCUT2D eigenvalue weighted by Gasteiger charge is 2.28. The lowest BCUT2D eigenvalue weighted by molar-refractivity contribution is -0.384. The van der Waals surface area contributed by atoms with Crippen LogP contribution in [0, 0.1) is 23.0 Å². The maximum absolute atomic E-state index is 10.7. The molecule has 0 atom stereocenters. The van der Waals surface area contributed by atoms with Crippen molar-refractivity contribution >= 4 is 28.3 Å². The maximum atomic E-state index is 10.7. The minimum atomic E-state index is -0.367. The van der Waals surface area contributed by atoms with Gasteiger partial charge in [0.05, 0.1) is 10.6 Å². The summed E-state index contributed by atoms with van der Waals surface area (Å²) in [6, 6.07) is 4.86. The smallest absolute Gasteiger partial charge is 0.269 e. The highest BCUT2D eigenvalue weighted by atomic mass is 32.2. The Labute approximate surface area is 122 Å². The third-order valence-corrected chi connectivity index (χ3v) is 4.64. The molecule has 1 saturated carbocycles. The van der Waals surface area contributed by atoms with E-state index in [-0.39, 0.29) is 10.6 Å². The van der Waals surface area contributed by atoms with Gasteiger partial charge in [-0.15, -0.1) is 0 Å². The van der Waals surface area contributed by atoms with Gasteiger partial charge in [-0.2, -0.15) is 0 Å². The summed E-state index contributed by atoms with van der Waals surface area (Å²) in [5.41, 5.74) is 1.81. The molecule has 1 aromatic rings. The lowest BCUT2D eigenvalue weighted by Crippen LogP contribution is -2.26. The molecular weight excluding hydrogens is 274 g/mol. The van der Waals surface area contributed by atoms with E-state index in [9.17, 15) is 10.1 Å². The average Bonchev–Trinajstić information content (AvgIpc) is 3.12. The van der Waals surface area contributed by atoms with Gasteiger partial charge in [0.1, 0.15) is 0 Å². The number of nitrogens with zero attached hydrogens (tertiary/aromatic N) is 3. The molecule has 0 radical (unpaired) electrons. The standard InChI is InChI=1S/C14H17N3O2S/c1-10-8-12(17(18)19)4-5-13(10)15-14-16(6-7-20-14)9-11-2-3-11/h4-5,8,11H,2-3,6-7,9H2,1H3. The van der Waals surface area contributed by atoms with Crippen molar-refractivity contribution in [2.24, 2.45) is 10.9 Å². The van der Waals surface area contributed by atoms with E-state index >= 15 is 0 Å². The maximum Gasteiger partial charge on any atom is 0.269 e. The highest BCUT2D eigenvalue weighted by Crippen LogP contribution is 2.33. The number of thioether (sulfide) groups is 1. The zero-order valence-electron chi connectivity index (χ0n) is 11.4. The van der Waals surface area contributed by atoms with Crippen molar-refractivity contribution in [2.75, 3.05) is 18.8 Å². The molecular formula is C14H17N3O2S. The van der Waals surface area contributed by atoms with Gasteiger partial charge in [-0.05, 0) is 37.3 Å². The summed E-state index contributed by atoms with van der Waals surface area (Å²) in [6.07, 6.45) is 2.68. The number of non-ortho nitro benzene ring substituents is 1. The van der Waals surface area contributed by atoms with Gasteiger partial charge in [-0.3, -0.25) is 10.1 Å². The van der Waals surface area contributed by atoms with E-state index in [4.69, 9.17) is 4.99 Å². The predicted molar refractivity (Wildman–Crippen MR) is 81.7 cm³/mol. The third kappa shape index (κ3) is 2.95. The van der Waals surface area contributed by atoms with Gasteiger partial charge < -0.3 is 4.90 Å². The summed E-state index contributed by atoms with van der Waals surface area (Å²) < 4.78 is 0. The van der Waals surface area contributed by atoms with Crippen molar-refractivity contribution in [3.05, 3.63) is 33.9 Å². The normalized spacial score (nSPS) is 20.6. The van der Waals surface area contributed by atoms with Crippen LogP contribution in [0.2, 0.25) is 0 Å². The third-order valence-electron chi connectivity index (χ3n) is 3.65. The molecule has 2 aliphatic rings. The van der Waals surface area contributed by atoms with Crippen molar-refractivity contribution in [1.29, 1.82) is 0 Å². The fraction of sp³-hybridized carbons (Fsp3) is 0.500. The van der Waals surface area contributed by atoms with Crippen LogP contribution in [0.25, 0.3) is 0 Å².